The predicted molar refractivity (Wildman–Crippen MR) is 132 cm³/mol. The van der Waals surface area contributed by atoms with Crippen molar-refractivity contribution in [3.63, 3.8) is 0 Å². The SMILES string of the molecule is CNCCN(c1ncc(-c2cccc(Nc3nccc(N4CCOCC4)n3)c2)o1)C(C)(C)C=O. The second-order valence-electron chi connectivity index (χ2n) is 8.58. The molecule has 2 N–H and O–H groups in total. The van der Waals surface area contributed by atoms with Crippen LogP contribution in [0.4, 0.5) is 23.5 Å². The van der Waals surface area contributed by atoms with Gasteiger partial charge in [0.05, 0.1) is 24.9 Å². The highest BCUT2D eigenvalue weighted by molar-refractivity contribution is 5.70. The molecule has 1 aromatic carbocycles. The van der Waals surface area contributed by atoms with Gasteiger partial charge in [-0.25, -0.2) is 9.97 Å². The summed E-state index contributed by atoms with van der Waals surface area (Å²) in [6.45, 7) is 7.98. The van der Waals surface area contributed by atoms with E-state index in [2.05, 4.69) is 30.5 Å². The molecular formula is C24H31N7O3. The minimum absolute atomic E-state index is 0.405. The van der Waals surface area contributed by atoms with Gasteiger partial charge in [0.25, 0.3) is 6.01 Å². The molecule has 0 aliphatic carbocycles. The Balaban J connectivity index is 1.52. The van der Waals surface area contributed by atoms with Crippen LogP contribution in [0.3, 0.4) is 0 Å². The molecule has 2 aromatic heterocycles. The van der Waals surface area contributed by atoms with E-state index in [9.17, 15) is 4.79 Å². The second-order valence-corrected chi connectivity index (χ2v) is 8.58. The number of morpholine rings is 1. The van der Waals surface area contributed by atoms with Crippen LogP contribution in [0.5, 0.6) is 0 Å². The summed E-state index contributed by atoms with van der Waals surface area (Å²) < 4.78 is 11.5. The van der Waals surface area contributed by atoms with Crippen LogP contribution in [-0.2, 0) is 9.53 Å². The van der Waals surface area contributed by atoms with E-state index >= 15 is 0 Å². The average Bonchev–Trinajstić information content (AvgIpc) is 3.35. The fourth-order valence-electron chi connectivity index (χ4n) is 3.70. The van der Waals surface area contributed by atoms with Crippen LogP contribution in [0.2, 0.25) is 0 Å². The van der Waals surface area contributed by atoms with Gasteiger partial charge in [0.15, 0.2) is 5.76 Å². The van der Waals surface area contributed by atoms with E-state index in [1.807, 2.05) is 56.1 Å². The van der Waals surface area contributed by atoms with Gasteiger partial charge < -0.3 is 34.4 Å². The quantitative estimate of drug-likeness (QED) is 0.434. The Morgan fingerprint density at radius 1 is 1.21 bits per heavy atom. The van der Waals surface area contributed by atoms with Gasteiger partial charge in [-0.05, 0) is 39.1 Å². The van der Waals surface area contributed by atoms with Crippen molar-refractivity contribution in [2.45, 2.75) is 19.4 Å². The lowest BCUT2D eigenvalue weighted by Gasteiger charge is -2.32. The Kier molecular flexibility index (Phi) is 7.39. The average molecular weight is 466 g/mol. The zero-order valence-corrected chi connectivity index (χ0v) is 19.8. The Morgan fingerprint density at radius 2 is 2.03 bits per heavy atom. The summed E-state index contributed by atoms with van der Waals surface area (Å²) in [6, 6.07) is 10.1. The first-order valence-electron chi connectivity index (χ1n) is 11.4. The van der Waals surface area contributed by atoms with Gasteiger partial charge in [-0.1, -0.05) is 12.1 Å². The standard InChI is InChI=1S/C24H31N7O3/c1-24(2,17-32)31(10-9-25-3)23-27-16-20(34-23)18-5-4-6-19(15-18)28-22-26-8-7-21(29-22)30-11-13-33-14-12-30/h4-8,15-17,25H,9-14H2,1-3H3,(H,26,28,29). The number of aromatic nitrogens is 3. The van der Waals surface area contributed by atoms with E-state index in [1.165, 1.54) is 0 Å². The first-order chi connectivity index (χ1) is 16.5. The number of rotatable bonds is 10. The monoisotopic (exact) mass is 465 g/mol. The van der Waals surface area contributed by atoms with Gasteiger partial charge >= 0.3 is 0 Å². The minimum atomic E-state index is -0.745. The van der Waals surface area contributed by atoms with Crippen molar-refractivity contribution >= 4 is 29.8 Å². The lowest BCUT2D eigenvalue weighted by atomic mass is 10.1. The molecule has 10 heteroatoms. The number of nitrogens with zero attached hydrogens (tertiary/aromatic N) is 5. The Hall–Kier alpha value is -3.50. The first-order valence-corrected chi connectivity index (χ1v) is 11.4. The Bertz CT molecular complexity index is 1100. The highest BCUT2D eigenvalue weighted by atomic mass is 16.5. The fraction of sp³-hybridized carbons (Fsp3) is 0.417. The van der Waals surface area contributed by atoms with E-state index < -0.39 is 5.54 Å². The van der Waals surface area contributed by atoms with Crippen molar-refractivity contribution in [2.24, 2.45) is 0 Å². The van der Waals surface area contributed by atoms with Crippen molar-refractivity contribution in [2.75, 3.05) is 61.6 Å². The van der Waals surface area contributed by atoms with Gasteiger partial charge in [-0.3, -0.25) is 0 Å². The molecule has 4 rings (SSSR count). The molecule has 10 nitrogen and oxygen atoms in total. The van der Waals surface area contributed by atoms with Crippen LogP contribution < -0.4 is 20.4 Å². The maximum absolute atomic E-state index is 11.7. The smallest absolute Gasteiger partial charge is 0.298 e. The largest absolute Gasteiger partial charge is 0.423 e. The predicted octanol–water partition coefficient (Wildman–Crippen LogP) is 2.72. The number of ether oxygens (including phenoxy) is 1. The molecule has 3 heterocycles. The van der Waals surface area contributed by atoms with Gasteiger partial charge in [-0.15, -0.1) is 0 Å². The normalized spacial score (nSPS) is 14.1. The van der Waals surface area contributed by atoms with Crippen LogP contribution in [-0.4, -0.2) is 73.2 Å². The topological polar surface area (TPSA) is 109 Å². The molecule has 1 aliphatic heterocycles. The van der Waals surface area contributed by atoms with Crippen molar-refractivity contribution in [1.29, 1.82) is 0 Å². The third-order valence-corrected chi connectivity index (χ3v) is 5.67. The van der Waals surface area contributed by atoms with E-state index in [0.29, 0.717) is 44.0 Å². The molecule has 0 amide bonds. The molecule has 0 atom stereocenters. The van der Waals surface area contributed by atoms with Crippen LogP contribution in [0, 0.1) is 0 Å². The van der Waals surface area contributed by atoms with Gasteiger partial charge in [0.1, 0.15) is 12.1 Å². The lowest BCUT2D eigenvalue weighted by Crippen LogP contribution is -2.48. The molecule has 0 saturated carbocycles. The Labute approximate surface area is 199 Å². The number of carbonyl (C=O) groups is 1. The summed E-state index contributed by atoms with van der Waals surface area (Å²) in [6.07, 6.45) is 4.33. The van der Waals surface area contributed by atoms with Crippen LogP contribution in [0.15, 0.2) is 47.1 Å². The third-order valence-electron chi connectivity index (χ3n) is 5.67. The molecular weight excluding hydrogens is 434 g/mol. The molecule has 180 valence electrons. The number of hydrogen-bond acceptors (Lipinski definition) is 10. The van der Waals surface area contributed by atoms with E-state index in [-0.39, 0.29) is 0 Å². The molecule has 0 radical (unpaired) electrons. The van der Waals surface area contributed by atoms with Gasteiger partial charge in [-0.2, -0.15) is 4.98 Å². The number of benzene rings is 1. The number of nitrogens with one attached hydrogen (secondary N) is 2. The fourth-order valence-corrected chi connectivity index (χ4v) is 3.70. The van der Waals surface area contributed by atoms with E-state index in [4.69, 9.17) is 9.15 Å². The molecule has 3 aromatic rings. The number of carbonyl (C=O) groups excluding carboxylic acids is 1. The van der Waals surface area contributed by atoms with Crippen molar-refractivity contribution < 1.29 is 13.9 Å². The summed E-state index contributed by atoms with van der Waals surface area (Å²) in [5.41, 5.74) is 0.936. The molecule has 0 unspecified atom stereocenters. The first kappa shape index (κ1) is 23.7. The van der Waals surface area contributed by atoms with E-state index in [1.54, 1.807) is 12.4 Å². The molecule has 34 heavy (non-hydrogen) atoms. The number of oxazole rings is 1. The molecule has 1 saturated heterocycles. The van der Waals surface area contributed by atoms with Crippen molar-refractivity contribution in [3.8, 4) is 11.3 Å². The van der Waals surface area contributed by atoms with E-state index in [0.717, 1.165) is 36.4 Å². The number of likely N-dealkylation sites (N-methyl/N-ethyl adjacent to an activating group) is 1. The summed E-state index contributed by atoms with van der Waals surface area (Å²) in [5.74, 6) is 2.00. The number of aldehydes is 1. The molecule has 1 fully saturated rings. The zero-order chi connectivity index (χ0) is 24.0. The van der Waals surface area contributed by atoms with Crippen LogP contribution in [0.1, 0.15) is 13.8 Å². The number of anilines is 4. The lowest BCUT2D eigenvalue weighted by molar-refractivity contribution is -0.111. The van der Waals surface area contributed by atoms with Crippen LogP contribution in [0.25, 0.3) is 11.3 Å². The molecule has 0 bridgehead atoms. The molecule has 0 spiro atoms. The second kappa shape index (κ2) is 10.6. The van der Waals surface area contributed by atoms with Crippen molar-refractivity contribution in [3.05, 3.63) is 42.7 Å². The van der Waals surface area contributed by atoms with Gasteiger partial charge in [0.2, 0.25) is 5.95 Å². The summed E-state index contributed by atoms with van der Waals surface area (Å²) in [4.78, 5) is 29.2. The molecule has 1 aliphatic rings. The van der Waals surface area contributed by atoms with Crippen molar-refractivity contribution in [1.82, 2.24) is 20.3 Å². The Morgan fingerprint density at radius 3 is 2.79 bits per heavy atom. The maximum atomic E-state index is 11.7. The van der Waals surface area contributed by atoms with Crippen LogP contribution >= 0.6 is 0 Å². The summed E-state index contributed by atoms with van der Waals surface area (Å²) in [5, 5.41) is 6.38. The summed E-state index contributed by atoms with van der Waals surface area (Å²) >= 11 is 0. The third kappa shape index (κ3) is 5.52. The van der Waals surface area contributed by atoms with Gasteiger partial charge in [0, 0.05) is 43.6 Å². The zero-order valence-electron chi connectivity index (χ0n) is 19.8. The minimum Gasteiger partial charge on any atom is -0.423 e. The highest BCUT2D eigenvalue weighted by Gasteiger charge is 2.29. The maximum Gasteiger partial charge on any atom is 0.298 e. The number of hydrogen-bond donors (Lipinski definition) is 2. The summed E-state index contributed by atoms with van der Waals surface area (Å²) in [7, 11) is 1.87. The highest BCUT2D eigenvalue weighted by Crippen LogP contribution is 2.29.